The topological polar surface area (TPSA) is 93.2 Å². The first-order valence-corrected chi connectivity index (χ1v) is 6.76. The third-order valence-electron chi connectivity index (χ3n) is 3.88. The Morgan fingerprint density at radius 1 is 1.53 bits per heavy atom. The molecule has 0 aromatic carbocycles. The molecule has 0 aliphatic heterocycles. The number of nitrogens with zero attached hydrogens (tertiary/aromatic N) is 2. The summed E-state index contributed by atoms with van der Waals surface area (Å²) < 4.78 is 1.50. The number of nitrogens with one attached hydrogen (secondary N) is 1. The monoisotopic (exact) mass is 266 g/mol. The van der Waals surface area contributed by atoms with Crippen molar-refractivity contribution in [3.8, 4) is 0 Å². The number of nitrogens with two attached hydrogens (primary N) is 1. The summed E-state index contributed by atoms with van der Waals surface area (Å²) in [5.41, 5.74) is 7.32. The summed E-state index contributed by atoms with van der Waals surface area (Å²) in [6.45, 7) is 2.26. The third-order valence-corrected chi connectivity index (χ3v) is 3.88. The van der Waals surface area contributed by atoms with Crippen molar-refractivity contribution in [3.05, 3.63) is 11.4 Å². The van der Waals surface area contributed by atoms with Crippen molar-refractivity contribution in [1.29, 1.82) is 0 Å². The van der Waals surface area contributed by atoms with Crippen LogP contribution in [0.4, 0.5) is 5.69 Å². The molecule has 1 aliphatic carbocycles. The van der Waals surface area contributed by atoms with Crippen LogP contribution in [0.15, 0.2) is 0 Å². The minimum atomic E-state index is -0.306. The van der Waals surface area contributed by atoms with E-state index in [1.807, 2.05) is 0 Å². The number of aliphatic hydroxyl groups is 1. The highest BCUT2D eigenvalue weighted by Gasteiger charge is 2.24. The zero-order valence-corrected chi connectivity index (χ0v) is 11.5. The highest BCUT2D eigenvalue weighted by atomic mass is 16.3. The number of rotatable bonds is 3. The number of hydrogen-bond donors (Lipinski definition) is 3. The molecule has 1 saturated carbocycles. The summed E-state index contributed by atoms with van der Waals surface area (Å²) in [6.07, 6.45) is 3.67. The second-order valence-electron chi connectivity index (χ2n) is 5.29. The van der Waals surface area contributed by atoms with Crippen LogP contribution in [0.3, 0.4) is 0 Å². The molecule has 0 saturated heterocycles. The normalized spacial score (nSPS) is 23.3. The summed E-state index contributed by atoms with van der Waals surface area (Å²) in [6, 6.07) is 0. The van der Waals surface area contributed by atoms with E-state index in [0.29, 0.717) is 23.6 Å². The molecule has 0 spiro atoms. The Bertz CT molecular complexity index is 469. The van der Waals surface area contributed by atoms with Crippen LogP contribution in [0.2, 0.25) is 0 Å². The first-order chi connectivity index (χ1) is 9.00. The summed E-state index contributed by atoms with van der Waals surface area (Å²) in [7, 11) is 1.70. The van der Waals surface area contributed by atoms with E-state index in [-0.39, 0.29) is 17.9 Å². The number of amides is 1. The Kier molecular flexibility index (Phi) is 4.09. The van der Waals surface area contributed by atoms with Crippen molar-refractivity contribution in [3.63, 3.8) is 0 Å². The molecular formula is C13H22N4O2. The SMILES string of the molecule is Cc1nn(C)c(C(=O)NCC2CCCCC2O)c1N. The lowest BCUT2D eigenvalue weighted by Crippen LogP contribution is -2.37. The number of hydrogen-bond acceptors (Lipinski definition) is 4. The summed E-state index contributed by atoms with van der Waals surface area (Å²) in [4.78, 5) is 12.1. The fraction of sp³-hybridized carbons (Fsp3) is 0.692. The van der Waals surface area contributed by atoms with Crippen molar-refractivity contribution in [2.45, 2.75) is 38.7 Å². The van der Waals surface area contributed by atoms with Gasteiger partial charge in [-0.2, -0.15) is 5.10 Å². The molecule has 0 radical (unpaired) electrons. The van der Waals surface area contributed by atoms with E-state index in [9.17, 15) is 9.90 Å². The minimum absolute atomic E-state index is 0.147. The maximum absolute atomic E-state index is 12.1. The van der Waals surface area contributed by atoms with Gasteiger partial charge in [0, 0.05) is 19.5 Å². The maximum atomic E-state index is 12.1. The van der Waals surface area contributed by atoms with Gasteiger partial charge in [-0.1, -0.05) is 12.8 Å². The van der Waals surface area contributed by atoms with Crippen LogP contribution >= 0.6 is 0 Å². The van der Waals surface area contributed by atoms with Gasteiger partial charge < -0.3 is 16.2 Å². The second kappa shape index (κ2) is 5.61. The van der Waals surface area contributed by atoms with E-state index < -0.39 is 0 Å². The molecule has 6 heteroatoms. The number of carbonyl (C=O) groups is 1. The van der Waals surface area contributed by atoms with Crippen molar-refractivity contribution in [2.24, 2.45) is 13.0 Å². The maximum Gasteiger partial charge on any atom is 0.271 e. The molecule has 2 atom stereocenters. The molecule has 1 fully saturated rings. The minimum Gasteiger partial charge on any atom is -0.395 e. The van der Waals surface area contributed by atoms with Gasteiger partial charge in [0.25, 0.3) is 5.91 Å². The lowest BCUT2D eigenvalue weighted by Gasteiger charge is -2.27. The van der Waals surface area contributed by atoms with Crippen LogP contribution in [0.1, 0.15) is 41.9 Å². The van der Waals surface area contributed by atoms with Crippen molar-refractivity contribution < 1.29 is 9.90 Å². The van der Waals surface area contributed by atoms with Gasteiger partial charge in [0.15, 0.2) is 0 Å². The van der Waals surface area contributed by atoms with Gasteiger partial charge in [-0.3, -0.25) is 9.48 Å². The fourth-order valence-electron chi connectivity index (χ4n) is 2.68. The molecule has 2 unspecified atom stereocenters. The van der Waals surface area contributed by atoms with Crippen LogP contribution in [-0.4, -0.2) is 33.4 Å². The Hall–Kier alpha value is -1.56. The van der Waals surface area contributed by atoms with Gasteiger partial charge in [0.2, 0.25) is 0 Å². The number of aromatic nitrogens is 2. The van der Waals surface area contributed by atoms with Gasteiger partial charge in [-0.05, 0) is 19.8 Å². The number of nitrogen functional groups attached to an aromatic ring is 1. The number of aryl methyl sites for hydroxylation is 2. The first-order valence-electron chi connectivity index (χ1n) is 6.76. The average Bonchev–Trinajstić information content (AvgIpc) is 2.62. The molecule has 1 aliphatic rings. The van der Waals surface area contributed by atoms with Crippen molar-refractivity contribution in [2.75, 3.05) is 12.3 Å². The lowest BCUT2D eigenvalue weighted by atomic mass is 9.86. The van der Waals surface area contributed by atoms with Gasteiger partial charge in [0.05, 0.1) is 17.5 Å². The van der Waals surface area contributed by atoms with Gasteiger partial charge in [-0.25, -0.2) is 0 Å². The van der Waals surface area contributed by atoms with Gasteiger partial charge in [-0.15, -0.1) is 0 Å². The fourth-order valence-corrected chi connectivity index (χ4v) is 2.68. The Morgan fingerprint density at radius 2 is 2.21 bits per heavy atom. The predicted molar refractivity (Wildman–Crippen MR) is 72.7 cm³/mol. The third kappa shape index (κ3) is 2.89. The van der Waals surface area contributed by atoms with E-state index in [4.69, 9.17) is 5.73 Å². The highest BCUT2D eigenvalue weighted by molar-refractivity contribution is 5.97. The standard InChI is InChI=1S/C13H22N4O2/c1-8-11(14)12(17(2)16-8)13(19)15-7-9-5-3-4-6-10(9)18/h9-10,18H,3-7,14H2,1-2H3,(H,15,19). The van der Waals surface area contributed by atoms with Crippen LogP contribution in [0.5, 0.6) is 0 Å². The van der Waals surface area contributed by atoms with E-state index in [0.717, 1.165) is 25.7 Å². The largest absolute Gasteiger partial charge is 0.395 e. The van der Waals surface area contributed by atoms with Gasteiger partial charge >= 0.3 is 0 Å². The van der Waals surface area contributed by atoms with Crippen LogP contribution < -0.4 is 11.1 Å². The van der Waals surface area contributed by atoms with E-state index in [2.05, 4.69) is 10.4 Å². The Balaban J connectivity index is 1.97. The quantitative estimate of drug-likeness (QED) is 0.746. The molecule has 1 heterocycles. The van der Waals surface area contributed by atoms with E-state index in [1.165, 1.54) is 4.68 Å². The van der Waals surface area contributed by atoms with E-state index in [1.54, 1.807) is 14.0 Å². The summed E-state index contributed by atoms with van der Waals surface area (Å²) in [5, 5.41) is 16.8. The Labute approximate surface area is 113 Å². The molecule has 106 valence electrons. The number of carbonyl (C=O) groups excluding carboxylic acids is 1. The molecule has 2 rings (SSSR count). The van der Waals surface area contributed by atoms with Crippen LogP contribution in [0, 0.1) is 12.8 Å². The molecule has 1 aromatic heterocycles. The highest BCUT2D eigenvalue weighted by Crippen LogP contribution is 2.24. The molecule has 1 amide bonds. The molecule has 4 N–H and O–H groups in total. The summed E-state index contributed by atoms with van der Waals surface area (Å²) in [5.74, 6) is -0.0772. The van der Waals surface area contributed by atoms with Gasteiger partial charge in [0.1, 0.15) is 5.69 Å². The zero-order chi connectivity index (χ0) is 14.0. The van der Waals surface area contributed by atoms with Crippen LogP contribution in [-0.2, 0) is 7.05 Å². The van der Waals surface area contributed by atoms with Crippen molar-refractivity contribution in [1.82, 2.24) is 15.1 Å². The lowest BCUT2D eigenvalue weighted by molar-refractivity contribution is 0.0661. The first kappa shape index (κ1) is 13.9. The number of anilines is 1. The molecule has 1 aromatic rings. The van der Waals surface area contributed by atoms with Crippen LogP contribution in [0.25, 0.3) is 0 Å². The zero-order valence-electron chi connectivity index (χ0n) is 11.5. The second-order valence-corrected chi connectivity index (χ2v) is 5.29. The molecule has 0 bridgehead atoms. The average molecular weight is 266 g/mol. The summed E-state index contributed by atoms with van der Waals surface area (Å²) >= 11 is 0. The Morgan fingerprint density at radius 3 is 2.79 bits per heavy atom. The number of aliphatic hydroxyl groups excluding tert-OH is 1. The van der Waals surface area contributed by atoms with Crippen molar-refractivity contribution >= 4 is 11.6 Å². The molecule has 6 nitrogen and oxygen atoms in total. The smallest absolute Gasteiger partial charge is 0.271 e. The predicted octanol–water partition coefficient (Wildman–Crippen LogP) is 0.592. The molecule has 19 heavy (non-hydrogen) atoms. The van der Waals surface area contributed by atoms with E-state index >= 15 is 0 Å². The molecular weight excluding hydrogens is 244 g/mol.